The topological polar surface area (TPSA) is 76.8 Å². The highest BCUT2D eigenvalue weighted by molar-refractivity contribution is 5.84. The maximum Gasteiger partial charge on any atom is 0.134 e. The van der Waals surface area contributed by atoms with Crippen LogP contribution in [-0.2, 0) is 6.61 Å². The SMILES string of the molecule is Cc1cccc2cc(CO)c(N3CCCC(O)(CO)C3)nc12. The molecule has 3 N–H and O–H groups in total. The quantitative estimate of drug-likeness (QED) is 0.798. The van der Waals surface area contributed by atoms with Gasteiger partial charge in [-0.15, -0.1) is 0 Å². The fraction of sp³-hybridized carbons (Fsp3) is 0.471. The van der Waals surface area contributed by atoms with Gasteiger partial charge in [0.15, 0.2) is 0 Å². The van der Waals surface area contributed by atoms with Gasteiger partial charge in [-0.05, 0) is 31.4 Å². The van der Waals surface area contributed by atoms with Gasteiger partial charge in [-0.3, -0.25) is 0 Å². The van der Waals surface area contributed by atoms with Crippen LogP contribution in [0.1, 0.15) is 24.0 Å². The number of piperidine rings is 1. The fourth-order valence-corrected chi connectivity index (χ4v) is 3.19. The van der Waals surface area contributed by atoms with E-state index in [0.717, 1.165) is 35.0 Å². The standard InChI is InChI=1S/C17H22N2O3/c1-12-4-2-5-13-8-14(9-20)16(18-15(12)13)19-7-3-6-17(22,10-19)11-21/h2,4-5,8,20-22H,3,6-7,9-11H2,1H3. The highest BCUT2D eigenvalue weighted by Crippen LogP contribution is 2.30. The van der Waals surface area contributed by atoms with Gasteiger partial charge in [-0.2, -0.15) is 0 Å². The summed E-state index contributed by atoms with van der Waals surface area (Å²) in [7, 11) is 0. The van der Waals surface area contributed by atoms with E-state index in [4.69, 9.17) is 4.98 Å². The molecule has 1 saturated heterocycles. The predicted octanol–water partition coefficient (Wildman–Crippen LogP) is 1.36. The molecule has 118 valence electrons. The van der Waals surface area contributed by atoms with Crippen molar-refractivity contribution >= 4 is 16.7 Å². The van der Waals surface area contributed by atoms with E-state index in [-0.39, 0.29) is 13.2 Å². The second kappa shape index (κ2) is 5.83. The number of pyridine rings is 1. The largest absolute Gasteiger partial charge is 0.393 e. The Kier molecular flexibility index (Phi) is 4.04. The Morgan fingerprint density at radius 3 is 2.86 bits per heavy atom. The number of aryl methyl sites for hydroxylation is 1. The molecule has 1 aliphatic rings. The molecule has 0 saturated carbocycles. The van der Waals surface area contributed by atoms with E-state index < -0.39 is 5.60 Å². The molecule has 22 heavy (non-hydrogen) atoms. The molecule has 0 aliphatic carbocycles. The molecule has 5 heteroatoms. The number of para-hydroxylation sites is 1. The molecule has 0 radical (unpaired) electrons. The number of nitrogens with zero attached hydrogens (tertiary/aromatic N) is 2. The number of rotatable bonds is 3. The average molecular weight is 302 g/mol. The van der Waals surface area contributed by atoms with Crippen LogP contribution in [0.25, 0.3) is 10.9 Å². The van der Waals surface area contributed by atoms with Gasteiger partial charge in [0.25, 0.3) is 0 Å². The van der Waals surface area contributed by atoms with Crippen molar-refractivity contribution < 1.29 is 15.3 Å². The van der Waals surface area contributed by atoms with Crippen LogP contribution in [0.15, 0.2) is 24.3 Å². The van der Waals surface area contributed by atoms with Crippen LogP contribution < -0.4 is 4.90 Å². The second-order valence-corrected chi connectivity index (χ2v) is 6.18. The van der Waals surface area contributed by atoms with Crippen molar-refractivity contribution in [2.24, 2.45) is 0 Å². The van der Waals surface area contributed by atoms with E-state index in [1.165, 1.54) is 0 Å². The lowest BCUT2D eigenvalue weighted by molar-refractivity contribution is -0.0243. The third-order valence-electron chi connectivity index (χ3n) is 4.42. The number of aliphatic hydroxyl groups excluding tert-OH is 2. The Bertz CT molecular complexity index is 689. The summed E-state index contributed by atoms with van der Waals surface area (Å²) in [4.78, 5) is 6.71. The molecule has 1 atom stereocenters. The molecule has 1 fully saturated rings. The van der Waals surface area contributed by atoms with Gasteiger partial charge in [0.2, 0.25) is 0 Å². The van der Waals surface area contributed by atoms with E-state index in [1.54, 1.807) is 0 Å². The van der Waals surface area contributed by atoms with Crippen molar-refractivity contribution in [2.75, 3.05) is 24.6 Å². The van der Waals surface area contributed by atoms with E-state index in [9.17, 15) is 15.3 Å². The summed E-state index contributed by atoms with van der Waals surface area (Å²) in [6.07, 6.45) is 1.37. The smallest absolute Gasteiger partial charge is 0.134 e. The molecule has 5 nitrogen and oxygen atoms in total. The molecule has 3 rings (SSSR count). The summed E-state index contributed by atoms with van der Waals surface area (Å²) in [5, 5.41) is 30.5. The molecule has 1 aromatic carbocycles. The Labute approximate surface area is 129 Å². The normalized spacial score (nSPS) is 22.3. The molecule has 2 heterocycles. The first-order chi connectivity index (χ1) is 10.6. The fourth-order valence-electron chi connectivity index (χ4n) is 3.19. The first-order valence-corrected chi connectivity index (χ1v) is 7.64. The summed E-state index contributed by atoms with van der Waals surface area (Å²) in [5.74, 6) is 0.705. The van der Waals surface area contributed by atoms with Crippen LogP contribution in [0.5, 0.6) is 0 Å². The highest BCUT2D eigenvalue weighted by Gasteiger charge is 2.33. The van der Waals surface area contributed by atoms with Crippen molar-refractivity contribution in [3.05, 3.63) is 35.4 Å². The maximum atomic E-state index is 10.4. The minimum Gasteiger partial charge on any atom is -0.393 e. The Balaban J connectivity index is 2.07. The van der Waals surface area contributed by atoms with Crippen molar-refractivity contribution in [2.45, 2.75) is 32.0 Å². The highest BCUT2D eigenvalue weighted by atomic mass is 16.3. The summed E-state index contributed by atoms with van der Waals surface area (Å²) in [6, 6.07) is 7.93. The lowest BCUT2D eigenvalue weighted by Gasteiger charge is -2.39. The average Bonchev–Trinajstić information content (AvgIpc) is 2.54. The van der Waals surface area contributed by atoms with Crippen molar-refractivity contribution in [3.8, 4) is 0 Å². The summed E-state index contributed by atoms with van der Waals surface area (Å²) >= 11 is 0. The zero-order valence-corrected chi connectivity index (χ0v) is 12.8. The van der Waals surface area contributed by atoms with Gasteiger partial charge in [0, 0.05) is 17.5 Å². The van der Waals surface area contributed by atoms with E-state index >= 15 is 0 Å². The van der Waals surface area contributed by atoms with Crippen LogP contribution in [0, 0.1) is 6.92 Å². The molecule has 0 bridgehead atoms. The zero-order valence-electron chi connectivity index (χ0n) is 12.8. The molecular weight excluding hydrogens is 280 g/mol. The van der Waals surface area contributed by atoms with Gasteiger partial charge < -0.3 is 20.2 Å². The molecular formula is C17H22N2O3. The Morgan fingerprint density at radius 1 is 1.32 bits per heavy atom. The Hall–Kier alpha value is -1.69. The second-order valence-electron chi connectivity index (χ2n) is 6.18. The van der Waals surface area contributed by atoms with Gasteiger partial charge in [0.05, 0.1) is 25.3 Å². The van der Waals surface area contributed by atoms with Gasteiger partial charge >= 0.3 is 0 Å². The van der Waals surface area contributed by atoms with Crippen molar-refractivity contribution in [1.29, 1.82) is 0 Å². The third-order valence-corrected chi connectivity index (χ3v) is 4.42. The van der Waals surface area contributed by atoms with Crippen molar-refractivity contribution in [3.63, 3.8) is 0 Å². The monoisotopic (exact) mass is 302 g/mol. The van der Waals surface area contributed by atoms with Crippen LogP contribution in [0.2, 0.25) is 0 Å². The maximum absolute atomic E-state index is 10.4. The van der Waals surface area contributed by atoms with Gasteiger partial charge in [0.1, 0.15) is 11.4 Å². The number of aliphatic hydroxyl groups is 3. The van der Waals surface area contributed by atoms with Crippen molar-refractivity contribution in [1.82, 2.24) is 4.98 Å². The molecule has 2 aromatic rings. The molecule has 1 aromatic heterocycles. The number of hydrogen-bond acceptors (Lipinski definition) is 5. The van der Waals surface area contributed by atoms with E-state index in [1.807, 2.05) is 36.1 Å². The summed E-state index contributed by atoms with van der Waals surface area (Å²) in [6.45, 7) is 2.75. The van der Waals surface area contributed by atoms with Crippen LogP contribution in [0.3, 0.4) is 0 Å². The minimum atomic E-state index is -1.09. The zero-order chi connectivity index (χ0) is 15.7. The predicted molar refractivity (Wildman–Crippen MR) is 85.9 cm³/mol. The summed E-state index contributed by atoms with van der Waals surface area (Å²) < 4.78 is 0. The number of anilines is 1. The van der Waals surface area contributed by atoms with Crippen LogP contribution >= 0.6 is 0 Å². The summed E-state index contributed by atoms with van der Waals surface area (Å²) in [5.41, 5.74) is 1.65. The van der Waals surface area contributed by atoms with Crippen LogP contribution in [-0.4, -0.2) is 45.6 Å². The van der Waals surface area contributed by atoms with E-state index in [2.05, 4.69) is 0 Å². The number of aromatic nitrogens is 1. The van der Waals surface area contributed by atoms with Gasteiger partial charge in [-0.1, -0.05) is 18.2 Å². The Morgan fingerprint density at radius 2 is 2.14 bits per heavy atom. The molecule has 1 unspecified atom stereocenters. The lowest BCUT2D eigenvalue weighted by atomic mass is 9.93. The molecule has 0 amide bonds. The molecule has 1 aliphatic heterocycles. The number of benzene rings is 1. The lowest BCUT2D eigenvalue weighted by Crippen LogP contribution is -2.51. The van der Waals surface area contributed by atoms with Crippen LogP contribution in [0.4, 0.5) is 5.82 Å². The first-order valence-electron chi connectivity index (χ1n) is 7.64. The number of hydrogen-bond donors (Lipinski definition) is 3. The van der Waals surface area contributed by atoms with Gasteiger partial charge in [-0.25, -0.2) is 4.98 Å². The number of β-amino-alcohol motifs (C(OH)–C–C–N with tert-alkyl or cyclic N) is 1. The number of fused-ring (bicyclic) bond motifs is 1. The third kappa shape index (κ3) is 2.67. The minimum absolute atomic E-state index is 0.0970. The van der Waals surface area contributed by atoms with E-state index in [0.29, 0.717) is 18.8 Å². The molecule has 0 spiro atoms. The first kappa shape index (κ1) is 15.2.